The Balaban J connectivity index is 0.756. The van der Waals surface area contributed by atoms with Gasteiger partial charge in [-0.1, -0.05) is 97.1 Å². The van der Waals surface area contributed by atoms with Gasteiger partial charge in [-0.3, -0.25) is 19.9 Å². The van der Waals surface area contributed by atoms with Gasteiger partial charge in [-0.05, 0) is 130 Å². The first kappa shape index (κ1) is 38.4. The van der Waals surface area contributed by atoms with Gasteiger partial charge in [0.25, 0.3) is 0 Å². The first-order chi connectivity index (χ1) is 34.7. The number of fused-ring (bicyclic) bond motifs is 12. The Morgan fingerprint density at radius 2 is 0.700 bits per heavy atom. The Hall–Kier alpha value is -9.66. The van der Waals surface area contributed by atoms with Crippen molar-refractivity contribution in [1.29, 1.82) is 0 Å². The summed E-state index contributed by atoms with van der Waals surface area (Å²) in [5.74, 6) is 0. The quantitative estimate of drug-likeness (QED) is 0.165. The maximum atomic E-state index is 6.61. The van der Waals surface area contributed by atoms with Crippen LogP contribution in [-0.2, 0) is 0 Å². The second-order valence-electron chi connectivity index (χ2n) is 17.8. The van der Waals surface area contributed by atoms with E-state index in [9.17, 15) is 0 Å². The summed E-state index contributed by atoms with van der Waals surface area (Å²) < 4.78 is 17.8. The molecule has 70 heavy (non-hydrogen) atoms. The fraction of sp³-hybridized carbons (Fsp3) is 0. The Bertz CT molecular complexity index is 4210. The Kier molecular flexibility index (Phi) is 8.20. The molecule has 0 aliphatic carbocycles. The summed E-state index contributed by atoms with van der Waals surface area (Å²) in [6, 6.07) is 67.9. The lowest BCUT2D eigenvalue weighted by atomic mass is 9.99. The molecular weight excluding hydrogens is 861 g/mol. The van der Waals surface area contributed by atoms with Crippen LogP contribution < -0.4 is 0 Å². The number of para-hydroxylation sites is 2. The fourth-order valence-electron chi connectivity index (χ4n) is 10.7. The number of aromatic nitrogens is 6. The standard InChI is InChI=1S/C62H36N6O2/c1-3-15-51-47(13-1)57-53(17-7-29-63-57)67(51)43-11-5-9-39(33-43)41-23-25-55-49(35-41)59-61(69-55)45(27-31-65-59)37-19-21-38(22-20-37)46-28-32-66-60-50-36-42(24-26-56(50)70-62(46)60)40-10-6-12-44(34-40)68-52-16-4-2-14-48(52)58-54(68)18-8-30-64-58/h1-36H. The second-order valence-corrected chi connectivity index (χ2v) is 17.8. The highest BCUT2D eigenvalue weighted by Gasteiger charge is 2.19. The highest BCUT2D eigenvalue weighted by molar-refractivity contribution is 6.11. The maximum Gasteiger partial charge on any atom is 0.161 e. The minimum atomic E-state index is 0.755. The summed E-state index contributed by atoms with van der Waals surface area (Å²) in [5.41, 5.74) is 21.7. The predicted molar refractivity (Wildman–Crippen MR) is 283 cm³/mol. The van der Waals surface area contributed by atoms with Gasteiger partial charge in [0.15, 0.2) is 11.2 Å². The van der Waals surface area contributed by atoms with E-state index in [4.69, 9.17) is 28.8 Å². The molecule has 0 N–H and O–H groups in total. The number of pyridine rings is 4. The van der Waals surface area contributed by atoms with Crippen LogP contribution in [0.25, 0.3) is 144 Å². The van der Waals surface area contributed by atoms with Gasteiger partial charge in [-0.25, -0.2) is 0 Å². The van der Waals surface area contributed by atoms with Gasteiger partial charge in [-0.15, -0.1) is 0 Å². The van der Waals surface area contributed by atoms with E-state index < -0.39 is 0 Å². The molecule has 0 amide bonds. The molecular formula is C62H36N6O2. The largest absolute Gasteiger partial charge is 0.454 e. The zero-order valence-electron chi connectivity index (χ0n) is 37.3. The number of hydrogen-bond donors (Lipinski definition) is 0. The van der Waals surface area contributed by atoms with Gasteiger partial charge in [-0.2, -0.15) is 0 Å². The molecule has 326 valence electrons. The molecule has 0 saturated carbocycles. The molecule has 0 fully saturated rings. The third-order valence-corrected chi connectivity index (χ3v) is 13.9. The SMILES string of the molecule is c1cc(-c2ccc3oc4c(-c5ccc(-c6ccnc7c6oc6ccc(-c8cccc(-n9c%10ccccc%10c%10ncccc%109)c8)cc67)cc5)ccnc4c3c2)cc(-n2c3ccccc3c3ncccc32)c1. The van der Waals surface area contributed by atoms with Crippen LogP contribution in [0.1, 0.15) is 0 Å². The van der Waals surface area contributed by atoms with E-state index >= 15 is 0 Å². The molecule has 8 aromatic heterocycles. The smallest absolute Gasteiger partial charge is 0.161 e. The van der Waals surface area contributed by atoms with Gasteiger partial charge in [0.1, 0.15) is 22.2 Å². The molecule has 15 aromatic rings. The summed E-state index contributed by atoms with van der Waals surface area (Å²) >= 11 is 0. The van der Waals surface area contributed by atoms with Crippen molar-refractivity contribution in [3.8, 4) is 55.9 Å². The summed E-state index contributed by atoms with van der Waals surface area (Å²) in [7, 11) is 0. The lowest BCUT2D eigenvalue weighted by Crippen LogP contribution is -1.94. The monoisotopic (exact) mass is 896 g/mol. The topological polar surface area (TPSA) is 87.7 Å². The van der Waals surface area contributed by atoms with Gasteiger partial charge >= 0.3 is 0 Å². The van der Waals surface area contributed by atoms with E-state index in [1.807, 2.05) is 49.1 Å². The van der Waals surface area contributed by atoms with Crippen LogP contribution in [0.3, 0.4) is 0 Å². The molecule has 7 aromatic carbocycles. The highest BCUT2D eigenvalue weighted by atomic mass is 16.3. The second kappa shape index (κ2) is 14.9. The normalized spacial score (nSPS) is 12.0. The van der Waals surface area contributed by atoms with Crippen molar-refractivity contribution in [3.63, 3.8) is 0 Å². The van der Waals surface area contributed by atoms with Gasteiger partial charge in [0, 0.05) is 68.8 Å². The predicted octanol–water partition coefficient (Wildman–Crippen LogP) is 15.9. The molecule has 0 saturated heterocycles. The van der Waals surface area contributed by atoms with E-state index in [0.29, 0.717) is 0 Å². The van der Waals surface area contributed by atoms with Crippen molar-refractivity contribution >= 4 is 88.0 Å². The average Bonchev–Trinajstić information content (AvgIpc) is 4.18. The Morgan fingerprint density at radius 1 is 0.286 bits per heavy atom. The van der Waals surface area contributed by atoms with E-state index in [-0.39, 0.29) is 0 Å². The van der Waals surface area contributed by atoms with Crippen molar-refractivity contribution < 1.29 is 8.83 Å². The molecule has 8 heteroatoms. The van der Waals surface area contributed by atoms with Crippen LogP contribution in [0.4, 0.5) is 0 Å². The first-order valence-electron chi connectivity index (χ1n) is 23.3. The number of rotatable bonds is 6. The van der Waals surface area contributed by atoms with Crippen LogP contribution in [0, 0.1) is 0 Å². The lowest BCUT2D eigenvalue weighted by molar-refractivity contribution is 0.669. The molecule has 0 atom stereocenters. The van der Waals surface area contributed by atoms with Crippen molar-refractivity contribution in [3.05, 3.63) is 219 Å². The summed E-state index contributed by atoms with van der Waals surface area (Å²) in [6.45, 7) is 0. The number of benzene rings is 7. The third-order valence-electron chi connectivity index (χ3n) is 13.9. The number of nitrogens with zero attached hydrogens (tertiary/aromatic N) is 6. The summed E-state index contributed by atoms with van der Waals surface area (Å²) in [4.78, 5) is 19.2. The van der Waals surface area contributed by atoms with Crippen LogP contribution >= 0.6 is 0 Å². The minimum absolute atomic E-state index is 0.755. The first-order valence-corrected chi connectivity index (χ1v) is 23.3. The van der Waals surface area contributed by atoms with Crippen LogP contribution in [0.15, 0.2) is 228 Å². The third kappa shape index (κ3) is 5.77. The number of furan rings is 2. The molecule has 0 spiro atoms. The van der Waals surface area contributed by atoms with Crippen molar-refractivity contribution in [2.75, 3.05) is 0 Å². The zero-order valence-corrected chi connectivity index (χ0v) is 37.3. The molecule has 0 aliphatic rings. The number of hydrogen-bond acceptors (Lipinski definition) is 6. The van der Waals surface area contributed by atoms with Gasteiger partial charge in [0.05, 0.1) is 33.1 Å². The van der Waals surface area contributed by atoms with Gasteiger partial charge < -0.3 is 18.0 Å². The molecule has 0 aliphatic heterocycles. The fourth-order valence-corrected chi connectivity index (χ4v) is 10.7. The minimum Gasteiger partial charge on any atom is -0.454 e. The van der Waals surface area contributed by atoms with Crippen molar-refractivity contribution in [2.24, 2.45) is 0 Å². The zero-order chi connectivity index (χ0) is 45.9. The molecule has 0 radical (unpaired) electrons. The van der Waals surface area contributed by atoms with Crippen LogP contribution in [0.2, 0.25) is 0 Å². The van der Waals surface area contributed by atoms with E-state index in [1.54, 1.807) is 0 Å². The highest BCUT2D eigenvalue weighted by Crippen LogP contribution is 2.41. The molecule has 8 heterocycles. The lowest BCUT2D eigenvalue weighted by Gasteiger charge is -2.10. The molecule has 8 nitrogen and oxygen atoms in total. The van der Waals surface area contributed by atoms with Crippen molar-refractivity contribution in [2.45, 2.75) is 0 Å². The molecule has 15 rings (SSSR count). The molecule has 0 bridgehead atoms. The van der Waals surface area contributed by atoms with E-state index in [1.165, 1.54) is 0 Å². The Labute approximate surface area is 399 Å². The maximum absolute atomic E-state index is 6.61. The summed E-state index contributed by atoms with van der Waals surface area (Å²) in [6.07, 6.45) is 7.46. The van der Waals surface area contributed by atoms with Crippen molar-refractivity contribution in [1.82, 2.24) is 29.1 Å². The Morgan fingerprint density at radius 3 is 1.19 bits per heavy atom. The molecule has 0 unspecified atom stereocenters. The van der Waals surface area contributed by atoms with E-state index in [2.05, 4.69) is 179 Å². The van der Waals surface area contributed by atoms with E-state index in [0.717, 1.165) is 144 Å². The van der Waals surface area contributed by atoms with Crippen LogP contribution in [-0.4, -0.2) is 29.1 Å². The summed E-state index contributed by atoms with van der Waals surface area (Å²) in [5, 5.41) is 4.21. The average molecular weight is 897 g/mol. The van der Waals surface area contributed by atoms with Gasteiger partial charge in [0.2, 0.25) is 0 Å². The van der Waals surface area contributed by atoms with Crippen LogP contribution in [0.5, 0.6) is 0 Å².